The lowest BCUT2D eigenvalue weighted by atomic mass is 10.1. The van der Waals surface area contributed by atoms with Crippen molar-refractivity contribution < 1.29 is 14.7 Å². The Bertz CT molecular complexity index is 928. The van der Waals surface area contributed by atoms with E-state index < -0.39 is 11.9 Å². The second-order valence-corrected chi connectivity index (χ2v) is 5.29. The molecular formula is C17H15N3O3. The summed E-state index contributed by atoms with van der Waals surface area (Å²) in [5.41, 5.74) is 2.94. The van der Waals surface area contributed by atoms with Crippen LogP contribution in [0.1, 0.15) is 32.1 Å². The van der Waals surface area contributed by atoms with Gasteiger partial charge in [0.05, 0.1) is 16.9 Å². The first kappa shape index (κ1) is 14.8. The van der Waals surface area contributed by atoms with Crippen molar-refractivity contribution in [2.75, 3.05) is 5.32 Å². The summed E-state index contributed by atoms with van der Waals surface area (Å²) in [7, 11) is 0. The lowest BCUT2D eigenvalue weighted by Gasteiger charge is -2.09. The van der Waals surface area contributed by atoms with Crippen molar-refractivity contribution in [3.63, 3.8) is 0 Å². The number of amides is 1. The molecule has 0 saturated carbocycles. The molecule has 3 aromatic rings. The first-order valence-corrected chi connectivity index (χ1v) is 7.06. The Kier molecular flexibility index (Phi) is 3.57. The predicted octanol–water partition coefficient (Wildman–Crippen LogP) is 2.90. The van der Waals surface area contributed by atoms with Gasteiger partial charge in [-0.1, -0.05) is 18.2 Å². The van der Waals surface area contributed by atoms with Gasteiger partial charge in [0.15, 0.2) is 0 Å². The number of para-hydroxylation sites is 1. The minimum atomic E-state index is -1.09. The summed E-state index contributed by atoms with van der Waals surface area (Å²) < 4.78 is 1.71. The largest absolute Gasteiger partial charge is 0.478 e. The van der Waals surface area contributed by atoms with Crippen LogP contribution in [0.25, 0.3) is 5.65 Å². The van der Waals surface area contributed by atoms with Crippen LogP contribution in [0.5, 0.6) is 0 Å². The molecule has 0 unspecified atom stereocenters. The van der Waals surface area contributed by atoms with Crippen molar-refractivity contribution in [3.8, 4) is 0 Å². The molecule has 0 fully saturated rings. The third kappa shape index (κ3) is 2.66. The van der Waals surface area contributed by atoms with Crippen molar-refractivity contribution in [1.82, 2.24) is 9.38 Å². The molecule has 0 spiro atoms. The normalized spacial score (nSPS) is 10.7. The fraction of sp³-hybridized carbons (Fsp3) is 0.118. The standard InChI is InChI=1S/C17H15N3O3/c1-10-7-8-14-18-11(2)15(20(14)9-10)16(21)19-13-6-4-3-5-12(13)17(22)23/h3-9H,1-2H3,(H,19,21)(H,22,23). The van der Waals surface area contributed by atoms with E-state index in [0.29, 0.717) is 17.0 Å². The zero-order valence-electron chi connectivity index (χ0n) is 12.7. The van der Waals surface area contributed by atoms with Gasteiger partial charge in [-0.2, -0.15) is 0 Å². The van der Waals surface area contributed by atoms with E-state index in [0.717, 1.165) is 5.56 Å². The Morgan fingerprint density at radius 2 is 1.87 bits per heavy atom. The van der Waals surface area contributed by atoms with Crippen LogP contribution in [0.4, 0.5) is 5.69 Å². The number of fused-ring (bicyclic) bond motifs is 1. The number of hydrogen-bond acceptors (Lipinski definition) is 3. The number of rotatable bonds is 3. The van der Waals surface area contributed by atoms with Crippen molar-refractivity contribution in [2.45, 2.75) is 13.8 Å². The summed E-state index contributed by atoms with van der Waals surface area (Å²) in [6.45, 7) is 3.68. The van der Waals surface area contributed by atoms with Gasteiger partial charge in [0.1, 0.15) is 11.3 Å². The highest BCUT2D eigenvalue weighted by Crippen LogP contribution is 2.19. The van der Waals surface area contributed by atoms with Crippen LogP contribution >= 0.6 is 0 Å². The molecule has 0 atom stereocenters. The van der Waals surface area contributed by atoms with E-state index in [1.807, 2.05) is 25.3 Å². The molecule has 2 aromatic heterocycles. The molecule has 3 rings (SSSR count). The van der Waals surface area contributed by atoms with Crippen LogP contribution < -0.4 is 5.32 Å². The van der Waals surface area contributed by atoms with Crippen LogP contribution in [0.15, 0.2) is 42.6 Å². The van der Waals surface area contributed by atoms with Gasteiger partial charge in [-0.3, -0.25) is 9.20 Å². The van der Waals surface area contributed by atoms with Gasteiger partial charge in [0.2, 0.25) is 0 Å². The first-order chi connectivity index (χ1) is 11.0. The van der Waals surface area contributed by atoms with Gasteiger partial charge in [0, 0.05) is 6.20 Å². The van der Waals surface area contributed by atoms with E-state index in [-0.39, 0.29) is 11.3 Å². The number of nitrogens with zero attached hydrogens (tertiary/aromatic N) is 2. The Morgan fingerprint density at radius 3 is 2.61 bits per heavy atom. The quantitative estimate of drug-likeness (QED) is 0.779. The zero-order chi connectivity index (χ0) is 16.6. The zero-order valence-corrected chi connectivity index (χ0v) is 12.7. The van der Waals surface area contributed by atoms with Crippen molar-refractivity contribution in [2.24, 2.45) is 0 Å². The van der Waals surface area contributed by atoms with E-state index in [4.69, 9.17) is 0 Å². The molecule has 0 aliphatic heterocycles. The van der Waals surface area contributed by atoms with Gasteiger partial charge < -0.3 is 10.4 Å². The molecule has 0 radical (unpaired) electrons. The minimum Gasteiger partial charge on any atom is -0.478 e. The lowest BCUT2D eigenvalue weighted by molar-refractivity contribution is 0.0698. The first-order valence-electron chi connectivity index (χ1n) is 7.06. The Balaban J connectivity index is 2.04. The van der Waals surface area contributed by atoms with Crippen LogP contribution in [-0.4, -0.2) is 26.4 Å². The molecule has 0 bridgehead atoms. The van der Waals surface area contributed by atoms with Crippen molar-refractivity contribution in [3.05, 3.63) is 65.1 Å². The highest BCUT2D eigenvalue weighted by Gasteiger charge is 2.19. The summed E-state index contributed by atoms with van der Waals surface area (Å²) in [6.07, 6.45) is 1.83. The Morgan fingerprint density at radius 1 is 1.13 bits per heavy atom. The number of benzene rings is 1. The molecule has 1 aromatic carbocycles. The molecule has 6 heteroatoms. The van der Waals surface area contributed by atoms with E-state index in [1.54, 1.807) is 29.5 Å². The SMILES string of the molecule is Cc1ccc2nc(C)c(C(=O)Nc3ccccc3C(=O)O)n2c1. The van der Waals surface area contributed by atoms with Crippen LogP contribution in [-0.2, 0) is 0 Å². The number of aryl methyl sites for hydroxylation is 2. The van der Waals surface area contributed by atoms with Crippen LogP contribution in [0.3, 0.4) is 0 Å². The number of imidazole rings is 1. The number of aromatic carboxylic acids is 1. The van der Waals surface area contributed by atoms with E-state index >= 15 is 0 Å². The minimum absolute atomic E-state index is 0.0449. The van der Waals surface area contributed by atoms with Crippen molar-refractivity contribution in [1.29, 1.82) is 0 Å². The van der Waals surface area contributed by atoms with Gasteiger partial charge in [0.25, 0.3) is 5.91 Å². The lowest BCUT2D eigenvalue weighted by Crippen LogP contribution is -2.17. The molecular weight excluding hydrogens is 294 g/mol. The molecule has 2 heterocycles. The maximum atomic E-state index is 12.6. The summed E-state index contributed by atoms with van der Waals surface area (Å²) >= 11 is 0. The van der Waals surface area contributed by atoms with Gasteiger partial charge in [-0.25, -0.2) is 9.78 Å². The summed E-state index contributed by atoms with van der Waals surface area (Å²) in [6, 6.07) is 10.1. The number of nitrogens with one attached hydrogen (secondary N) is 1. The number of carbonyl (C=O) groups is 2. The summed E-state index contributed by atoms with van der Waals surface area (Å²) in [5, 5.41) is 11.9. The van der Waals surface area contributed by atoms with E-state index in [1.165, 1.54) is 6.07 Å². The fourth-order valence-corrected chi connectivity index (χ4v) is 2.50. The number of carboxylic acids is 1. The van der Waals surface area contributed by atoms with Crippen LogP contribution in [0, 0.1) is 13.8 Å². The molecule has 6 nitrogen and oxygen atoms in total. The molecule has 1 amide bonds. The predicted molar refractivity (Wildman–Crippen MR) is 86.0 cm³/mol. The average molecular weight is 309 g/mol. The molecule has 0 aliphatic carbocycles. The third-order valence-electron chi connectivity index (χ3n) is 3.56. The molecule has 0 aliphatic rings. The topological polar surface area (TPSA) is 83.7 Å². The molecule has 2 N–H and O–H groups in total. The molecule has 116 valence electrons. The summed E-state index contributed by atoms with van der Waals surface area (Å²) in [4.78, 5) is 28.2. The van der Waals surface area contributed by atoms with E-state index in [9.17, 15) is 14.7 Å². The number of hydrogen-bond donors (Lipinski definition) is 2. The Labute approximate surface area is 132 Å². The monoisotopic (exact) mass is 309 g/mol. The Hall–Kier alpha value is -3.15. The smallest absolute Gasteiger partial charge is 0.337 e. The number of aromatic nitrogens is 2. The second-order valence-electron chi connectivity index (χ2n) is 5.29. The number of carbonyl (C=O) groups excluding carboxylic acids is 1. The number of carboxylic acid groups (broad SMARTS) is 1. The maximum absolute atomic E-state index is 12.6. The second kappa shape index (κ2) is 5.57. The summed E-state index contributed by atoms with van der Waals surface area (Å²) in [5.74, 6) is -1.49. The number of anilines is 1. The van der Waals surface area contributed by atoms with Crippen LogP contribution in [0.2, 0.25) is 0 Å². The highest BCUT2D eigenvalue weighted by atomic mass is 16.4. The maximum Gasteiger partial charge on any atom is 0.337 e. The fourth-order valence-electron chi connectivity index (χ4n) is 2.50. The van der Waals surface area contributed by atoms with Gasteiger partial charge in [-0.15, -0.1) is 0 Å². The van der Waals surface area contributed by atoms with Crippen molar-refractivity contribution >= 4 is 23.2 Å². The van der Waals surface area contributed by atoms with Gasteiger partial charge >= 0.3 is 5.97 Å². The van der Waals surface area contributed by atoms with Gasteiger partial charge in [-0.05, 0) is 37.6 Å². The average Bonchev–Trinajstić information content (AvgIpc) is 2.82. The highest BCUT2D eigenvalue weighted by molar-refractivity contribution is 6.07. The molecule has 23 heavy (non-hydrogen) atoms. The number of pyridine rings is 1. The molecule has 0 saturated heterocycles. The third-order valence-corrected chi connectivity index (χ3v) is 3.56. The van der Waals surface area contributed by atoms with E-state index in [2.05, 4.69) is 10.3 Å².